The van der Waals surface area contributed by atoms with E-state index in [4.69, 9.17) is 4.74 Å². The Hall–Kier alpha value is -3.46. The van der Waals surface area contributed by atoms with E-state index in [0.29, 0.717) is 17.8 Å². The van der Waals surface area contributed by atoms with Gasteiger partial charge in [0.05, 0.1) is 25.2 Å². The molecule has 2 aromatic heterocycles. The summed E-state index contributed by atoms with van der Waals surface area (Å²) in [5.41, 5.74) is 0.638. The van der Waals surface area contributed by atoms with Crippen LogP contribution < -0.4 is 15.0 Å². The summed E-state index contributed by atoms with van der Waals surface area (Å²) < 4.78 is 35.3. The Kier molecular flexibility index (Phi) is 6.13. The summed E-state index contributed by atoms with van der Waals surface area (Å²) in [5, 5.41) is 5.56. The van der Waals surface area contributed by atoms with Crippen LogP contribution in [-0.2, 0) is 6.54 Å². The van der Waals surface area contributed by atoms with Crippen molar-refractivity contribution in [1.29, 1.82) is 0 Å². The largest absolute Gasteiger partial charge is 0.481 e. The van der Waals surface area contributed by atoms with Gasteiger partial charge in [-0.05, 0) is 48.0 Å². The molecule has 0 atom stereocenters. The van der Waals surface area contributed by atoms with E-state index in [9.17, 15) is 13.6 Å². The lowest BCUT2D eigenvalue weighted by atomic mass is 10.2. The molecule has 0 saturated carbocycles. The summed E-state index contributed by atoms with van der Waals surface area (Å²) in [6.07, 6.45) is 3.30. The smallest absolute Gasteiger partial charge is 0.387 e. The minimum atomic E-state index is -2.85. The van der Waals surface area contributed by atoms with Gasteiger partial charge in [0.2, 0.25) is 5.88 Å². The number of pyridine rings is 1. The molecule has 0 amide bonds. The number of rotatable bonds is 7. The SMILES string of the molecule is COc1ccc(Cn2ncc3cc(Sc4ccc(OC(F)F)cc4)ccc3c2=O)cn1. The van der Waals surface area contributed by atoms with Crippen LogP contribution in [0.15, 0.2) is 81.6 Å². The molecule has 158 valence electrons. The Morgan fingerprint density at radius 1 is 1.03 bits per heavy atom. The van der Waals surface area contributed by atoms with Gasteiger partial charge in [-0.3, -0.25) is 4.79 Å². The van der Waals surface area contributed by atoms with Crippen LogP contribution in [0.3, 0.4) is 0 Å². The maximum Gasteiger partial charge on any atom is 0.387 e. The molecule has 0 radical (unpaired) electrons. The molecule has 0 saturated heterocycles. The van der Waals surface area contributed by atoms with Crippen LogP contribution in [0.4, 0.5) is 8.78 Å². The summed E-state index contributed by atoms with van der Waals surface area (Å²) >= 11 is 1.45. The second-order valence-corrected chi connectivity index (χ2v) is 7.66. The number of fused-ring (bicyclic) bond motifs is 1. The molecule has 0 aliphatic heterocycles. The predicted molar refractivity (Wildman–Crippen MR) is 113 cm³/mol. The number of hydrogen-bond acceptors (Lipinski definition) is 6. The molecule has 0 aliphatic rings. The van der Waals surface area contributed by atoms with E-state index >= 15 is 0 Å². The molecular formula is C22H17F2N3O3S. The number of methoxy groups -OCH3 is 1. The number of halogens is 2. The first-order valence-corrected chi connectivity index (χ1v) is 10.0. The molecule has 6 nitrogen and oxygen atoms in total. The second kappa shape index (κ2) is 9.13. The molecule has 0 bridgehead atoms. The third-order valence-electron chi connectivity index (χ3n) is 4.45. The third-order valence-corrected chi connectivity index (χ3v) is 5.45. The van der Waals surface area contributed by atoms with E-state index < -0.39 is 6.61 Å². The molecule has 0 N–H and O–H groups in total. The highest BCUT2D eigenvalue weighted by Gasteiger charge is 2.08. The van der Waals surface area contributed by atoms with E-state index in [1.165, 1.54) is 28.6 Å². The standard InChI is InChI=1S/C22H17F2N3O3S/c1-29-20-9-2-14(11-25-20)13-27-21(28)19-8-7-18(10-15(19)12-26-27)31-17-5-3-16(4-6-17)30-22(23)24/h2-12,22H,13H2,1H3. The van der Waals surface area contributed by atoms with E-state index in [2.05, 4.69) is 14.8 Å². The Morgan fingerprint density at radius 3 is 2.48 bits per heavy atom. The summed E-state index contributed by atoms with van der Waals surface area (Å²) in [6.45, 7) is -2.55. The Labute approximate surface area is 180 Å². The summed E-state index contributed by atoms with van der Waals surface area (Å²) in [4.78, 5) is 18.7. The molecule has 0 fully saturated rings. The molecule has 31 heavy (non-hydrogen) atoms. The third kappa shape index (κ3) is 5.00. The first-order valence-electron chi connectivity index (χ1n) is 9.23. The fourth-order valence-corrected chi connectivity index (χ4v) is 3.83. The minimum absolute atomic E-state index is 0.106. The lowest BCUT2D eigenvalue weighted by Crippen LogP contribution is -2.23. The topological polar surface area (TPSA) is 66.2 Å². The molecule has 2 aromatic carbocycles. The van der Waals surface area contributed by atoms with E-state index in [0.717, 1.165) is 20.7 Å². The molecule has 0 unspecified atom stereocenters. The van der Waals surface area contributed by atoms with Gasteiger partial charge in [-0.2, -0.15) is 13.9 Å². The van der Waals surface area contributed by atoms with Gasteiger partial charge in [-0.1, -0.05) is 17.8 Å². The first-order chi connectivity index (χ1) is 15.0. The van der Waals surface area contributed by atoms with Crippen molar-refractivity contribution >= 4 is 22.5 Å². The van der Waals surface area contributed by atoms with Gasteiger partial charge in [0.1, 0.15) is 5.75 Å². The van der Waals surface area contributed by atoms with Crippen molar-refractivity contribution in [1.82, 2.24) is 14.8 Å². The van der Waals surface area contributed by atoms with E-state index in [-0.39, 0.29) is 11.3 Å². The van der Waals surface area contributed by atoms with Gasteiger partial charge in [-0.25, -0.2) is 9.67 Å². The zero-order valence-electron chi connectivity index (χ0n) is 16.4. The predicted octanol–water partition coefficient (Wildman–Crippen LogP) is 4.60. The maximum absolute atomic E-state index is 12.8. The highest BCUT2D eigenvalue weighted by atomic mass is 32.2. The molecular weight excluding hydrogens is 424 g/mol. The molecule has 2 heterocycles. The van der Waals surface area contributed by atoms with Crippen LogP contribution in [0.5, 0.6) is 11.6 Å². The monoisotopic (exact) mass is 441 g/mol. The Bertz CT molecular complexity index is 1250. The number of nitrogens with zero attached hydrogens (tertiary/aromatic N) is 3. The van der Waals surface area contributed by atoms with Gasteiger partial charge in [-0.15, -0.1) is 0 Å². The molecule has 0 aliphatic carbocycles. The van der Waals surface area contributed by atoms with E-state index in [1.807, 2.05) is 18.2 Å². The Balaban J connectivity index is 1.53. The van der Waals surface area contributed by atoms with Crippen molar-refractivity contribution in [3.05, 3.63) is 82.9 Å². The quantitative estimate of drug-likeness (QED) is 0.418. The summed E-state index contributed by atoms with van der Waals surface area (Å²) in [6, 6.07) is 15.4. The van der Waals surface area contributed by atoms with Crippen molar-refractivity contribution in [3.63, 3.8) is 0 Å². The number of ether oxygens (including phenoxy) is 2. The average Bonchev–Trinajstić information content (AvgIpc) is 2.77. The fourth-order valence-electron chi connectivity index (χ4n) is 2.97. The molecule has 4 aromatic rings. The lowest BCUT2D eigenvalue weighted by Gasteiger charge is -2.08. The number of aromatic nitrogens is 3. The average molecular weight is 441 g/mol. The van der Waals surface area contributed by atoms with Crippen LogP contribution >= 0.6 is 11.8 Å². The van der Waals surface area contributed by atoms with Crippen LogP contribution in [0.25, 0.3) is 10.8 Å². The van der Waals surface area contributed by atoms with Gasteiger partial charge >= 0.3 is 6.61 Å². The van der Waals surface area contributed by atoms with Gasteiger partial charge in [0.15, 0.2) is 0 Å². The van der Waals surface area contributed by atoms with Crippen molar-refractivity contribution in [3.8, 4) is 11.6 Å². The number of hydrogen-bond donors (Lipinski definition) is 0. The van der Waals surface area contributed by atoms with Crippen LogP contribution in [0.1, 0.15) is 5.56 Å². The maximum atomic E-state index is 12.8. The summed E-state index contributed by atoms with van der Waals surface area (Å²) in [7, 11) is 1.54. The second-order valence-electron chi connectivity index (χ2n) is 6.52. The Morgan fingerprint density at radius 2 is 1.81 bits per heavy atom. The van der Waals surface area contributed by atoms with Gasteiger partial charge in [0, 0.05) is 27.4 Å². The fraction of sp³-hybridized carbons (Fsp3) is 0.136. The summed E-state index contributed by atoms with van der Waals surface area (Å²) in [5.74, 6) is 0.610. The first kappa shape index (κ1) is 20.8. The van der Waals surface area contributed by atoms with Crippen molar-refractivity contribution < 1.29 is 18.3 Å². The van der Waals surface area contributed by atoms with Gasteiger partial charge < -0.3 is 9.47 Å². The molecule has 0 spiro atoms. The van der Waals surface area contributed by atoms with Crippen molar-refractivity contribution in [2.75, 3.05) is 7.11 Å². The molecule has 9 heteroatoms. The zero-order valence-corrected chi connectivity index (χ0v) is 17.2. The van der Waals surface area contributed by atoms with Crippen LogP contribution in [-0.4, -0.2) is 28.5 Å². The number of alkyl halides is 2. The van der Waals surface area contributed by atoms with E-state index in [1.54, 1.807) is 43.8 Å². The molecule has 4 rings (SSSR count). The van der Waals surface area contributed by atoms with Gasteiger partial charge in [0.25, 0.3) is 5.56 Å². The van der Waals surface area contributed by atoms with Crippen LogP contribution in [0.2, 0.25) is 0 Å². The normalized spacial score (nSPS) is 11.1. The van der Waals surface area contributed by atoms with Crippen molar-refractivity contribution in [2.45, 2.75) is 22.9 Å². The van der Waals surface area contributed by atoms with Crippen molar-refractivity contribution in [2.24, 2.45) is 0 Å². The zero-order chi connectivity index (χ0) is 21.8. The highest BCUT2D eigenvalue weighted by molar-refractivity contribution is 7.99. The minimum Gasteiger partial charge on any atom is -0.481 e. The highest BCUT2D eigenvalue weighted by Crippen LogP contribution is 2.30. The van der Waals surface area contributed by atoms with Crippen LogP contribution in [0, 0.1) is 0 Å². The number of benzene rings is 2. The lowest BCUT2D eigenvalue weighted by molar-refractivity contribution is -0.0498.